The Balaban J connectivity index is 0.591. The van der Waals surface area contributed by atoms with Gasteiger partial charge in [-0.15, -0.1) is 0 Å². The van der Waals surface area contributed by atoms with Gasteiger partial charge in [0, 0.05) is 104 Å². The molecule has 0 spiro atoms. The number of hydrogen-bond acceptors (Lipinski definition) is 6. The summed E-state index contributed by atoms with van der Waals surface area (Å²) in [6.45, 7) is 2.16. The van der Waals surface area contributed by atoms with E-state index in [1.807, 2.05) is 0 Å². The van der Waals surface area contributed by atoms with E-state index in [0.29, 0.717) is 24.3 Å². The van der Waals surface area contributed by atoms with Crippen molar-refractivity contribution in [2.24, 2.45) is 0 Å². The summed E-state index contributed by atoms with van der Waals surface area (Å²) in [5, 5.41) is 18.2. The lowest BCUT2D eigenvalue weighted by molar-refractivity contribution is 0.918. The fourth-order valence-corrected chi connectivity index (χ4v) is 21.1. The molecule has 0 atom stereocenters. The van der Waals surface area contributed by atoms with Crippen LogP contribution in [0.4, 0.5) is 0 Å². The maximum atomic E-state index is 5.84. The molecule has 125 heavy (non-hydrogen) atoms. The number of aryl methyl sites for hydroxylation is 1. The molecule has 0 saturated heterocycles. The summed E-state index contributed by atoms with van der Waals surface area (Å²) in [6.07, 6.45) is 0.683. The molecule has 0 amide bonds. The monoisotopic (exact) mass is 1710 g/mol. The van der Waals surface area contributed by atoms with Gasteiger partial charge in [-0.3, -0.25) is 36.5 Å². The maximum absolute atomic E-state index is 5.84. The summed E-state index contributed by atoms with van der Waals surface area (Å²) < 4.78 is 19.2. The van der Waals surface area contributed by atoms with Crippen LogP contribution < -0.4 is 0 Å². The average Bonchev–Trinajstić information content (AvgIpc) is 1.60. The first-order valence-electron chi connectivity index (χ1n) is 42.2. The van der Waals surface area contributed by atoms with Crippen LogP contribution in [0.25, 0.3) is 233 Å². The zero-order chi connectivity index (χ0) is 82.0. The Bertz CT molecular complexity index is 9200. The SMILES string of the molecule is Cc1ccc2c3ccccc3n(-c3cc(-n4c5ccccc5c5ccccc54)nc(-n4c5ccccc5c5cc(Cc6ccc7c(c6)c6ccccc6n7-c6cc(-n7c8ccccc8c8ccccc87)nc(-n7c8ccccc8c8cc(-c9ccc%10c(c9)c9ccccc9n%10-c9cc(I)nc(-n%10c%11ccccc%11c%11ccccc%11%10)n9)ccc87)n6)ccc54)n3)c2c1. The Morgan fingerprint density at radius 2 is 0.408 bits per heavy atom. The summed E-state index contributed by atoms with van der Waals surface area (Å²) in [4.78, 5) is 33.6. The second kappa shape index (κ2) is 26.7. The third-order valence-corrected chi connectivity index (χ3v) is 26.5. The van der Waals surface area contributed by atoms with Gasteiger partial charge in [0.25, 0.3) is 0 Å². The van der Waals surface area contributed by atoms with Crippen molar-refractivity contribution >= 4 is 197 Å². The molecule has 0 unspecified atom stereocenters. The maximum Gasteiger partial charge on any atom is 0.238 e. The first-order chi connectivity index (χ1) is 61.8. The molecule has 27 rings (SSSR count). The van der Waals surface area contributed by atoms with Gasteiger partial charge in [0.1, 0.15) is 32.8 Å². The highest BCUT2D eigenvalue weighted by atomic mass is 127. The van der Waals surface area contributed by atoms with Crippen LogP contribution in [-0.4, -0.2) is 66.4 Å². The molecular weight excluding hydrogens is 1640 g/mol. The second-order valence-corrected chi connectivity index (χ2v) is 34.0. The number of rotatable bonds is 11. The molecule has 27 aromatic rings. The van der Waals surface area contributed by atoms with Gasteiger partial charge >= 0.3 is 0 Å². The van der Waals surface area contributed by atoms with Crippen molar-refractivity contribution in [1.29, 1.82) is 0 Å². The van der Waals surface area contributed by atoms with Gasteiger partial charge < -0.3 is 0 Å². The third kappa shape index (κ3) is 10.3. The predicted molar refractivity (Wildman–Crippen MR) is 520 cm³/mol. The van der Waals surface area contributed by atoms with Gasteiger partial charge in [-0.1, -0.05) is 237 Å². The van der Waals surface area contributed by atoms with Crippen LogP contribution in [-0.2, 0) is 6.42 Å². The van der Waals surface area contributed by atoms with Crippen molar-refractivity contribution in [2.45, 2.75) is 13.3 Å². The quantitative estimate of drug-likeness (QED) is 0.0940. The van der Waals surface area contributed by atoms with E-state index in [4.69, 9.17) is 29.9 Å². The van der Waals surface area contributed by atoms with E-state index in [1.165, 1.54) is 38.2 Å². The number of fused-ring (bicyclic) bond motifs is 24. The van der Waals surface area contributed by atoms with E-state index >= 15 is 0 Å². The van der Waals surface area contributed by atoms with Crippen LogP contribution in [0.1, 0.15) is 16.7 Å². The minimum Gasteiger partial charge on any atom is -0.294 e. The molecule has 0 radical (unpaired) electrons. The van der Waals surface area contributed by atoms with Crippen molar-refractivity contribution in [3.63, 3.8) is 0 Å². The van der Waals surface area contributed by atoms with Crippen molar-refractivity contribution in [3.05, 3.63) is 397 Å². The second-order valence-electron chi connectivity index (χ2n) is 32.9. The van der Waals surface area contributed by atoms with Gasteiger partial charge in [-0.25, -0.2) is 4.98 Å². The van der Waals surface area contributed by atoms with Gasteiger partial charge in [0.2, 0.25) is 17.8 Å². The van der Waals surface area contributed by atoms with Gasteiger partial charge in [0.15, 0.2) is 0 Å². The molecule has 0 aliphatic heterocycles. The lowest BCUT2D eigenvalue weighted by Gasteiger charge is -2.15. The average molecular weight is 1710 g/mol. The minimum absolute atomic E-state index is 0.550. The molecular formula is C110H67IN14. The Kier molecular flexibility index (Phi) is 14.9. The van der Waals surface area contributed by atoms with Crippen LogP contribution in [0.15, 0.2) is 376 Å². The number of halogens is 1. The number of aromatic nitrogens is 14. The number of para-hydroxylation sites is 11. The largest absolute Gasteiger partial charge is 0.294 e. The molecule has 0 fully saturated rings. The highest BCUT2D eigenvalue weighted by Crippen LogP contribution is 2.45. The Labute approximate surface area is 726 Å². The Hall–Kier alpha value is -16.1. The highest BCUT2D eigenvalue weighted by Gasteiger charge is 2.28. The van der Waals surface area contributed by atoms with Crippen LogP contribution in [0, 0.1) is 10.6 Å². The summed E-state index contributed by atoms with van der Waals surface area (Å²) >= 11 is 2.35. The fraction of sp³-hybridized carbons (Fsp3) is 0.0182. The highest BCUT2D eigenvalue weighted by molar-refractivity contribution is 14.1. The van der Waals surface area contributed by atoms with E-state index in [0.717, 1.165) is 197 Å². The van der Waals surface area contributed by atoms with Crippen LogP contribution in [0.3, 0.4) is 0 Å². The zero-order valence-corrected chi connectivity index (χ0v) is 69.3. The van der Waals surface area contributed by atoms with Crippen LogP contribution in [0.2, 0.25) is 0 Å². The Morgan fingerprint density at radius 1 is 0.184 bits per heavy atom. The van der Waals surface area contributed by atoms with E-state index in [1.54, 1.807) is 0 Å². The number of nitrogens with zero attached hydrogens (tertiary/aromatic N) is 14. The van der Waals surface area contributed by atoms with Gasteiger partial charge in [-0.05, 0) is 185 Å². The van der Waals surface area contributed by atoms with Gasteiger partial charge in [0.05, 0.1) is 88.3 Å². The summed E-state index contributed by atoms with van der Waals surface area (Å²) in [6, 6.07) is 136. The molecule has 11 aromatic heterocycles. The molecule has 14 nitrogen and oxygen atoms in total. The Morgan fingerprint density at radius 3 is 0.720 bits per heavy atom. The number of hydrogen-bond donors (Lipinski definition) is 0. The third-order valence-electron chi connectivity index (χ3n) is 25.9. The first kappa shape index (κ1) is 69.7. The summed E-state index contributed by atoms with van der Waals surface area (Å²) in [7, 11) is 0. The number of benzene rings is 16. The predicted octanol–water partition coefficient (Wildman–Crippen LogP) is 27.0. The zero-order valence-electron chi connectivity index (χ0n) is 67.1. The lowest BCUT2D eigenvalue weighted by Crippen LogP contribution is -2.10. The molecule has 0 aliphatic carbocycles. The fourth-order valence-electron chi connectivity index (χ4n) is 20.6. The van der Waals surface area contributed by atoms with Crippen LogP contribution in [0.5, 0.6) is 0 Å². The minimum atomic E-state index is 0.550. The lowest BCUT2D eigenvalue weighted by atomic mass is 10.0. The smallest absolute Gasteiger partial charge is 0.238 e. The van der Waals surface area contributed by atoms with Crippen molar-refractivity contribution in [2.75, 3.05) is 0 Å². The summed E-state index contributed by atoms with van der Waals surface area (Å²) in [5.41, 5.74) is 22.5. The van der Waals surface area contributed by atoms with E-state index in [2.05, 4.69) is 442 Å². The van der Waals surface area contributed by atoms with Crippen molar-refractivity contribution in [1.82, 2.24) is 66.4 Å². The molecule has 15 heteroatoms. The molecule has 0 aliphatic rings. The van der Waals surface area contributed by atoms with Gasteiger partial charge in [-0.2, -0.15) is 24.9 Å². The first-order valence-corrected chi connectivity index (χ1v) is 43.3. The van der Waals surface area contributed by atoms with E-state index in [-0.39, 0.29) is 0 Å². The van der Waals surface area contributed by atoms with E-state index in [9.17, 15) is 0 Å². The molecule has 11 heterocycles. The van der Waals surface area contributed by atoms with Crippen LogP contribution >= 0.6 is 22.6 Å². The molecule has 584 valence electrons. The molecule has 0 N–H and O–H groups in total. The van der Waals surface area contributed by atoms with Crippen molar-refractivity contribution in [3.8, 4) is 58.1 Å². The standard InChI is InChI=1S/C110H67IN14/c1-65-46-51-81-76-30-6-17-39-90(76)122(101(81)56-65)107-64-105(119-88-37-15-4-26-72(88)73-27-5-16-38-89(73)119)115-110(117-107)124-95-44-22-11-32-78(95)83-59-67(48-53-99(83)124)57-66-47-52-97-82(58-66)77-31-9-18-40-91(77)121(97)106-63-104(118-86-35-13-2-24-70(86)71-25-3-14-36-87(71)118)114-109(116-106)125-96-45-23-12-34-80(96)85-61-69(50-55-100(85)125)68-49-54-98-84(60-68)79-33-10-19-41-92(79)120(98)103-62-102(111)112-108(113-103)123-93-42-20-7-28-74(93)75-29-8-21-43-94(75)123/h2-56,58-64H,57H2,1H3. The summed E-state index contributed by atoms with van der Waals surface area (Å²) in [5.74, 6) is 5.59. The van der Waals surface area contributed by atoms with Crippen molar-refractivity contribution < 1.29 is 0 Å². The topological polar surface area (TPSA) is 117 Å². The molecule has 16 aromatic carbocycles. The molecule has 0 bridgehead atoms. The normalized spacial score (nSPS) is 12.3. The molecule has 0 saturated carbocycles. The van der Waals surface area contributed by atoms with E-state index < -0.39 is 0 Å².